The molecule has 1 N–H and O–H groups in total. The van der Waals surface area contributed by atoms with Gasteiger partial charge in [0, 0.05) is 23.5 Å². The molecule has 0 spiro atoms. The molecule has 0 aliphatic heterocycles. The number of hydrogen-bond donors (Lipinski definition) is 1. The molecule has 17 heavy (non-hydrogen) atoms. The van der Waals surface area contributed by atoms with Crippen molar-refractivity contribution in [2.45, 2.75) is 4.90 Å². The summed E-state index contributed by atoms with van der Waals surface area (Å²) in [4.78, 5) is 15.0. The highest BCUT2D eigenvalue weighted by molar-refractivity contribution is 7.90. The van der Waals surface area contributed by atoms with E-state index in [9.17, 15) is 13.2 Å². The van der Waals surface area contributed by atoms with E-state index in [2.05, 4.69) is 4.79 Å². The molecule has 86 valence electrons. The molecule has 0 aromatic heterocycles. The molecule has 6 heteroatoms. The van der Waals surface area contributed by atoms with Gasteiger partial charge in [-0.2, -0.15) is 0 Å². The van der Waals surface area contributed by atoms with Gasteiger partial charge in [0.15, 0.2) is 9.84 Å². The van der Waals surface area contributed by atoms with Crippen molar-refractivity contribution in [3.63, 3.8) is 0 Å². The van der Waals surface area contributed by atoms with Crippen molar-refractivity contribution in [1.82, 2.24) is 0 Å². The number of rotatable bonds is 1. The summed E-state index contributed by atoms with van der Waals surface area (Å²) in [6.45, 7) is 0. The lowest BCUT2D eigenvalue weighted by molar-refractivity contribution is -0.117. The predicted molar refractivity (Wildman–Crippen MR) is 60.9 cm³/mol. The average Bonchev–Trinajstić information content (AvgIpc) is 2.28. The molecule has 1 aromatic rings. The molecule has 1 aliphatic carbocycles. The van der Waals surface area contributed by atoms with Gasteiger partial charge in [-0.25, -0.2) is 8.42 Å². The number of benzene rings is 1. The summed E-state index contributed by atoms with van der Waals surface area (Å²) < 4.78 is 23.1. The van der Waals surface area contributed by atoms with Gasteiger partial charge in [-0.15, -0.1) is 0 Å². The third kappa shape index (κ3) is 1.84. The highest BCUT2D eigenvalue weighted by Crippen LogP contribution is 2.24. The Bertz CT molecular complexity index is 695. The van der Waals surface area contributed by atoms with Crippen LogP contribution < -0.4 is 0 Å². The van der Waals surface area contributed by atoms with Crippen LogP contribution in [0.1, 0.15) is 15.9 Å². The molecule has 0 saturated heterocycles. The topological polar surface area (TPSA) is 89.2 Å². The normalized spacial score (nSPS) is 14.4. The number of sulfone groups is 1. The molecular weight excluding hydrogens is 240 g/mol. The number of nitrogens with one attached hydrogen (secondary N) is 1. The molecule has 0 saturated carbocycles. The van der Waals surface area contributed by atoms with Gasteiger partial charge in [0.1, 0.15) is 0 Å². The Morgan fingerprint density at radius 3 is 2.53 bits per heavy atom. The minimum absolute atomic E-state index is 0.00292. The van der Waals surface area contributed by atoms with E-state index in [1.807, 2.05) is 0 Å². The third-order valence-electron chi connectivity index (χ3n) is 2.47. The Kier molecular flexibility index (Phi) is 2.53. The highest BCUT2D eigenvalue weighted by Gasteiger charge is 2.30. The van der Waals surface area contributed by atoms with Crippen molar-refractivity contribution < 1.29 is 18.0 Å². The lowest BCUT2D eigenvalue weighted by atomic mass is 9.95. The van der Waals surface area contributed by atoms with Crippen LogP contribution in [0.25, 0.3) is 6.08 Å². The van der Waals surface area contributed by atoms with E-state index >= 15 is 0 Å². The van der Waals surface area contributed by atoms with Crippen LogP contribution in [0.2, 0.25) is 0 Å². The lowest BCUT2D eigenvalue weighted by Gasteiger charge is -2.09. The fourth-order valence-electron chi connectivity index (χ4n) is 1.70. The van der Waals surface area contributed by atoms with Gasteiger partial charge < -0.3 is 0 Å². The quantitative estimate of drug-likeness (QED) is 0.594. The second-order valence-electron chi connectivity index (χ2n) is 3.65. The maximum absolute atomic E-state index is 11.8. The molecule has 0 fully saturated rings. The van der Waals surface area contributed by atoms with Crippen molar-refractivity contribution >= 4 is 27.4 Å². The van der Waals surface area contributed by atoms with Crippen molar-refractivity contribution in [3.8, 4) is 0 Å². The van der Waals surface area contributed by atoms with Crippen LogP contribution in [0.4, 0.5) is 0 Å². The SMILES string of the molecule is CS(=O)(=O)c1cccc2c1C=CC(=[N+]=N)C2=O. The van der Waals surface area contributed by atoms with Gasteiger partial charge in [0.05, 0.1) is 15.2 Å². The predicted octanol–water partition coefficient (Wildman–Crippen LogP) is 0.980. The number of nitrogens with zero attached hydrogens (tertiary/aromatic N) is 1. The van der Waals surface area contributed by atoms with E-state index in [1.54, 1.807) is 0 Å². The van der Waals surface area contributed by atoms with Crippen molar-refractivity contribution in [1.29, 1.82) is 5.53 Å². The number of hydrogen-bond acceptors (Lipinski definition) is 4. The Morgan fingerprint density at radius 1 is 1.24 bits per heavy atom. The Morgan fingerprint density at radius 2 is 1.94 bits per heavy atom. The molecule has 5 nitrogen and oxygen atoms in total. The zero-order chi connectivity index (χ0) is 12.6. The number of fused-ring (bicyclic) bond motifs is 1. The zero-order valence-electron chi connectivity index (χ0n) is 8.97. The summed E-state index contributed by atoms with van der Waals surface area (Å²) in [5.41, 5.74) is 7.48. The molecule has 0 unspecified atom stereocenters. The van der Waals surface area contributed by atoms with Crippen molar-refractivity contribution in [2.24, 2.45) is 0 Å². The molecule has 0 amide bonds. The largest absolute Gasteiger partial charge is 0.412 e. The molecule has 0 bridgehead atoms. The number of carbonyl (C=O) groups excluding carboxylic acids is 1. The molecule has 2 rings (SSSR count). The van der Waals surface area contributed by atoms with Crippen LogP contribution in [0.3, 0.4) is 0 Å². The first-order valence-electron chi connectivity index (χ1n) is 4.75. The summed E-state index contributed by atoms with van der Waals surface area (Å²) in [6, 6.07) is 4.49. The molecule has 1 aliphatic rings. The first-order valence-corrected chi connectivity index (χ1v) is 6.64. The van der Waals surface area contributed by atoms with Gasteiger partial charge >= 0.3 is 5.71 Å². The fourth-order valence-corrected chi connectivity index (χ4v) is 2.60. The van der Waals surface area contributed by atoms with E-state index in [1.165, 1.54) is 30.4 Å². The highest BCUT2D eigenvalue weighted by atomic mass is 32.2. The first-order chi connectivity index (χ1) is 7.95. The Hall–Kier alpha value is -2.04. The standard InChI is InChI=1S/C11H9N2O3S/c1-17(15,16)10-4-2-3-8-7(10)5-6-9(13-12)11(8)14/h2-6,12H,1H3/q+1. The van der Waals surface area contributed by atoms with E-state index in [0.717, 1.165) is 6.26 Å². The summed E-state index contributed by atoms with van der Waals surface area (Å²) in [6.07, 6.45) is 3.95. The van der Waals surface area contributed by atoms with Crippen molar-refractivity contribution in [2.75, 3.05) is 6.26 Å². The average molecular weight is 249 g/mol. The van der Waals surface area contributed by atoms with Crippen LogP contribution >= 0.6 is 0 Å². The van der Waals surface area contributed by atoms with Crippen LogP contribution in [-0.2, 0) is 9.84 Å². The van der Waals surface area contributed by atoms with Gasteiger partial charge in [0.25, 0.3) is 5.78 Å². The van der Waals surface area contributed by atoms with Gasteiger partial charge in [0.2, 0.25) is 0 Å². The maximum atomic E-state index is 11.8. The van der Waals surface area contributed by atoms with Crippen LogP contribution in [-0.4, -0.2) is 31.0 Å². The minimum Gasteiger partial charge on any atom is -0.280 e. The summed E-state index contributed by atoms with van der Waals surface area (Å²) in [7, 11) is -3.38. The monoisotopic (exact) mass is 249 g/mol. The van der Waals surface area contributed by atoms with E-state index < -0.39 is 15.6 Å². The van der Waals surface area contributed by atoms with Gasteiger partial charge in [-0.05, 0) is 12.1 Å². The molecular formula is C11H9N2O3S+. The smallest absolute Gasteiger partial charge is 0.280 e. The second-order valence-corrected chi connectivity index (χ2v) is 5.63. The number of carbonyl (C=O) groups is 1. The lowest BCUT2D eigenvalue weighted by Crippen LogP contribution is -2.19. The van der Waals surface area contributed by atoms with Gasteiger partial charge in [-0.1, -0.05) is 12.1 Å². The second kappa shape index (κ2) is 3.76. The van der Waals surface area contributed by atoms with Crippen LogP contribution in [0.15, 0.2) is 29.2 Å². The van der Waals surface area contributed by atoms with Crippen molar-refractivity contribution in [3.05, 3.63) is 35.4 Å². The van der Waals surface area contributed by atoms with E-state index in [4.69, 9.17) is 5.53 Å². The molecule has 0 heterocycles. The summed E-state index contributed by atoms with van der Waals surface area (Å²) >= 11 is 0. The number of allylic oxidation sites excluding steroid dienone is 1. The molecule has 1 aromatic carbocycles. The maximum Gasteiger partial charge on any atom is 0.412 e. The first kappa shape index (κ1) is 11.4. The summed E-state index contributed by atoms with van der Waals surface area (Å²) in [5.74, 6) is -0.428. The molecule has 0 radical (unpaired) electrons. The minimum atomic E-state index is -3.38. The van der Waals surface area contributed by atoms with E-state index in [0.29, 0.717) is 5.56 Å². The van der Waals surface area contributed by atoms with E-state index in [-0.39, 0.29) is 16.2 Å². The number of ketones is 1. The van der Waals surface area contributed by atoms with Gasteiger partial charge in [-0.3, -0.25) is 4.79 Å². The van der Waals surface area contributed by atoms with Crippen LogP contribution in [0.5, 0.6) is 0 Å². The number of Topliss-reactive ketones (excluding diaryl/α,β-unsaturated/α-hetero) is 1. The Balaban J connectivity index is 2.80. The Labute approximate surface area is 97.9 Å². The summed E-state index contributed by atoms with van der Waals surface area (Å²) in [5, 5.41) is 0. The molecule has 0 atom stereocenters. The third-order valence-corrected chi connectivity index (χ3v) is 3.63. The van der Waals surface area contributed by atoms with Crippen LogP contribution in [0, 0.1) is 5.53 Å². The zero-order valence-corrected chi connectivity index (χ0v) is 9.78. The fraction of sp³-hybridized carbons (Fsp3) is 0.0909.